The lowest BCUT2D eigenvalue weighted by molar-refractivity contribution is 0.0674. The SMILES string of the molecule is CC(=N)/C(C)=C1\C(=N)SC(C(=N)N2CC(Oc3cccnc3)C2)=C1C=N. The molecule has 134 valence electrons. The highest BCUT2D eigenvalue weighted by Crippen LogP contribution is 2.40. The fraction of sp³-hybridized carbons (Fsp3) is 0.278. The second-order valence-electron chi connectivity index (χ2n) is 6.13. The fourth-order valence-electron chi connectivity index (χ4n) is 2.77. The number of pyridine rings is 1. The molecule has 0 aliphatic carbocycles. The summed E-state index contributed by atoms with van der Waals surface area (Å²) in [5.74, 6) is 1.01. The number of allylic oxidation sites excluding steroid dienone is 2. The third-order valence-corrected chi connectivity index (χ3v) is 5.37. The van der Waals surface area contributed by atoms with Gasteiger partial charge in [-0.1, -0.05) is 11.8 Å². The topological polar surface area (TPSA) is 121 Å². The first-order chi connectivity index (χ1) is 12.4. The summed E-state index contributed by atoms with van der Waals surface area (Å²) in [7, 11) is 0. The number of nitrogens with zero attached hydrogens (tertiary/aromatic N) is 2. The molecule has 0 radical (unpaired) electrons. The zero-order valence-electron chi connectivity index (χ0n) is 14.6. The van der Waals surface area contributed by atoms with E-state index in [0.29, 0.717) is 52.0 Å². The Morgan fingerprint density at radius 1 is 1.35 bits per heavy atom. The van der Waals surface area contributed by atoms with Crippen LogP contribution in [-0.2, 0) is 0 Å². The van der Waals surface area contributed by atoms with Gasteiger partial charge in [0.1, 0.15) is 22.7 Å². The monoisotopic (exact) mass is 368 g/mol. The van der Waals surface area contributed by atoms with Crippen molar-refractivity contribution in [2.45, 2.75) is 20.0 Å². The maximum Gasteiger partial charge on any atom is 0.138 e. The van der Waals surface area contributed by atoms with Crippen LogP contribution < -0.4 is 4.74 Å². The van der Waals surface area contributed by atoms with E-state index in [1.807, 2.05) is 17.0 Å². The molecule has 7 nitrogen and oxygen atoms in total. The van der Waals surface area contributed by atoms with E-state index in [1.54, 1.807) is 26.2 Å². The maximum absolute atomic E-state index is 8.48. The zero-order valence-corrected chi connectivity index (χ0v) is 15.4. The third-order valence-electron chi connectivity index (χ3n) is 4.34. The summed E-state index contributed by atoms with van der Waals surface area (Å²) in [6.45, 7) is 4.61. The van der Waals surface area contributed by atoms with E-state index in [0.717, 1.165) is 0 Å². The van der Waals surface area contributed by atoms with E-state index >= 15 is 0 Å². The number of amidine groups is 1. The van der Waals surface area contributed by atoms with Crippen LogP contribution in [0.4, 0.5) is 0 Å². The highest BCUT2D eigenvalue weighted by Gasteiger charge is 2.36. The van der Waals surface area contributed by atoms with Crippen LogP contribution in [0.1, 0.15) is 13.8 Å². The molecule has 0 spiro atoms. The highest BCUT2D eigenvalue weighted by molar-refractivity contribution is 8.18. The Morgan fingerprint density at radius 3 is 2.65 bits per heavy atom. The lowest BCUT2D eigenvalue weighted by Gasteiger charge is -2.40. The van der Waals surface area contributed by atoms with Crippen LogP contribution >= 0.6 is 11.8 Å². The number of hydrogen-bond donors (Lipinski definition) is 4. The Bertz CT molecular complexity index is 852. The van der Waals surface area contributed by atoms with Crippen LogP contribution in [-0.4, -0.2) is 51.9 Å². The predicted molar refractivity (Wildman–Crippen MR) is 105 cm³/mol. The summed E-state index contributed by atoms with van der Waals surface area (Å²) >= 11 is 1.18. The van der Waals surface area contributed by atoms with Crippen molar-refractivity contribution < 1.29 is 4.74 Å². The molecule has 3 heterocycles. The predicted octanol–water partition coefficient (Wildman–Crippen LogP) is 3.11. The lowest BCUT2D eigenvalue weighted by Crippen LogP contribution is -2.56. The number of likely N-dealkylation sites (tertiary alicyclic amines) is 1. The maximum atomic E-state index is 8.48. The van der Waals surface area contributed by atoms with Crippen LogP contribution in [0.15, 0.2) is 46.2 Å². The van der Waals surface area contributed by atoms with Gasteiger partial charge in [-0.3, -0.25) is 15.8 Å². The minimum Gasteiger partial charge on any atom is -0.485 e. The van der Waals surface area contributed by atoms with E-state index in [-0.39, 0.29) is 11.1 Å². The zero-order chi connectivity index (χ0) is 18.8. The summed E-state index contributed by atoms with van der Waals surface area (Å²) in [6.07, 6.45) is 4.53. The molecule has 0 saturated carbocycles. The van der Waals surface area contributed by atoms with Crippen LogP contribution in [0.5, 0.6) is 5.75 Å². The molecule has 26 heavy (non-hydrogen) atoms. The van der Waals surface area contributed by atoms with Crippen LogP contribution in [0.2, 0.25) is 0 Å². The first-order valence-electron chi connectivity index (χ1n) is 8.11. The third kappa shape index (κ3) is 3.32. The molecular formula is C18H20N6OS. The lowest BCUT2D eigenvalue weighted by atomic mass is 9.99. The molecule has 1 aromatic heterocycles. The van der Waals surface area contributed by atoms with Crippen LogP contribution in [0, 0.1) is 21.6 Å². The molecule has 2 aliphatic heterocycles. The van der Waals surface area contributed by atoms with Gasteiger partial charge >= 0.3 is 0 Å². The molecule has 0 atom stereocenters. The van der Waals surface area contributed by atoms with E-state index in [9.17, 15) is 0 Å². The number of nitrogens with one attached hydrogen (secondary N) is 4. The second kappa shape index (κ2) is 7.25. The van der Waals surface area contributed by atoms with Crippen molar-refractivity contribution in [1.82, 2.24) is 9.88 Å². The van der Waals surface area contributed by atoms with Crippen LogP contribution in [0.3, 0.4) is 0 Å². The molecule has 1 fully saturated rings. The second-order valence-corrected chi connectivity index (χ2v) is 7.15. The fourth-order valence-corrected chi connectivity index (χ4v) is 3.83. The summed E-state index contributed by atoms with van der Waals surface area (Å²) in [5, 5.41) is 32.5. The van der Waals surface area contributed by atoms with Crippen molar-refractivity contribution >= 4 is 34.6 Å². The van der Waals surface area contributed by atoms with E-state index in [4.69, 9.17) is 26.4 Å². The number of hydrogen-bond acceptors (Lipinski definition) is 7. The van der Waals surface area contributed by atoms with E-state index < -0.39 is 0 Å². The van der Waals surface area contributed by atoms with Crippen molar-refractivity contribution in [3.05, 3.63) is 46.2 Å². The van der Waals surface area contributed by atoms with Crippen molar-refractivity contribution in [2.75, 3.05) is 13.1 Å². The Kier molecular flexibility index (Phi) is 5.03. The van der Waals surface area contributed by atoms with Gasteiger partial charge in [0.25, 0.3) is 0 Å². The molecule has 3 rings (SSSR count). The summed E-state index contributed by atoms with van der Waals surface area (Å²) in [5.41, 5.74) is 2.17. The Labute approximate surface area is 156 Å². The van der Waals surface area contributed by atoms with E-state index in [2.05, 4.69) is 4.98 Å². The Balaban J connectivity index is 1.73. The van der Waals surface area contributed by atoms with Gasteiger partial charge in [-0.05, 0) is 31.6 Å². The average Bonchev–Trinajstić information content (AvgIpc) is 2.93. The average molecular weight is 368 g/mol. The number of aromatic nitrogens is 1. The van der Waals surface area contributed by atoms with Gasteiger partial charge in [0.2, 0.25) is 0 Å². The van der Waals surface area contributed by atoms with Crippen LogP contribution in [0.25, 0.3) is 0 Å². The molecule has 4 N–H and O–H groups in total. The van der Waals surface area contributed by atoms with Crippen molar-refractivity contribution in [1.29, 1.82) is 21.6 Å². The summed E-state index contributed by atoms with van der Waals surface area (Å²) < 4.78 is 5.81. The molecule has 0 bridgehead atoms. The standard InChI is InChI=1S/C18H20N6OS/c1-10(11(2)20)15-14(6-19)16(26-18(15)22)17(21)24-8-13(9-24)25-12-4-3-5-23-7-12/h3-7,13,19-22H,8-9H2,1-2H3/b15-10-,19-6?,20-11?,21-17?,22-18?. The van der Waals surface area contributed by atoms with Gasteiger partial charge in [-0.15, -0.1) is 0 Å². The smallest absolute Gasteiger partial charge is 0.138 e. The summed E-state index contributed by atoms with van der Waals surface area (Å²) in [6, 6.07) is 3.67. The minimum atomic E-state index is -0.00463. The number of rotatable bonds is 5. The first kappa shape index (κ1) is 18.1. The van der Waals surface area contributed by atoms with Gasteiger partial charge in [0.05, 0.1) is 24.2 Å². The number of thioether (sulfide) groups is 1. The largest absolute Gasteiger partial charge is 0.485 e. The molecule has 1 aromatic rings. The molecule has 0 aromatic carbocycles. The minimum absolute atomic E-state index is 0.00463. The van der Waals surface area contributed by atoms with E-state index in [1.165, 1.54) is 18.0 Å². The Morgan fingerprint density at radius 2 is 2.08 bits per heavy atom. The van der Waals surface area contributed by atoms with Gasteiger partial charge in [0.15, 0.2) is 0 Å². The van der Waals surface area contributed by atoms with Gasteiger partial charge in [-0.25, -0.2) is 0 Å². The normalized spacial score (nSPS) is 19.3. The molecule has 2 aliphatic rings. The molecule has 0 unspecified atom stereocenters. The Hall–Kier alpha value is -2.74. The molecular weight excluding hydrogens is 348 g/mol. The van der Waals surface area contributed by atoms with Crippen molar-refractivity contribution in [3.63, 3.8) is 0 Å². The molecule has 8 heteroatoms. The van der Waals surface area contributed by atoms with Crippen molar-refractivity contribution in [2.24, 2.45) is 0 Å². The van der Waals surface area contributed by atoms with Gasteiger partial charge < -0.3 is 20.5 Å². The van der Waals surface area contributed by atoms with Crippen molar-refractivity contribution in [3.8, 4) is 5.75 Å². The van der Waals surface area contributed by atoms with Gasteiger partial charge in [-0.2, -0.15) is 0 Å². The first-order valence-corrected chi connectivity index (χ1v) is 8.92. The van der Waals surface area contributed by atoms with Gasteiger partial charge in [0, 0.05) is 29.3 Å². The number of ether oxygens (including phenoxy) is 1. The molecule has 0 amide bonds. The quantitative estimate of drug-likeness (QED) is 0.471. The summed E-state index contributed by atoms with van der Waals surface area (Å²) in [4.78, 5) is 6.49. The highest BCUT2D eigenvalue weighted by atomic mass is 32.2. The molecule has 1 saturated heterocycles.